The molecule has 0 unspecified atom stereocenters. The van der Waals surface area contributed by atoms with Crippen LogP contribution in [-0.4, -0.2) is 46.4 Å². The smallest absolute Gasteiger partial charge is 0.293 e. The van der Waals surface area contributed by atoms with Crippen LogP contribution in [-0.2, 0) is 11.8 Å². The van der Waals surface area contributed by atoms with E-state index in [4.69, 9.17) is 9.47 Å². The minimum Gasteiger partial charge on any atom is -0.454 e. The van der Waals surface area contributed by atoms with Crippen molar-refractivity contribution in [2.45, 2.75) is 0 Å². The number of fused-ring (bicyclic) bond motifs is 2. The molecule has 9 nitrogen and oxygen atoms in total. The molecular weight excluding hydrogens is 458 g/mol. The molecule has 0 radical (unpaired) electrons. The molecule has 3 aromatic rings. The van der Waals surface area contributed by atoms with E-state index in [0.29, 0.717) is 28.0 Å². The highest BCUT2D eigenvalue weighted by Crippen LogP contribution is 2.36. The number of nitrogens with zero attached hydrogens (tertiary/aromatic N) is 2. The number of aromatic nitrogens is 1. The predicted molar refractivity (Wildman–Crippen MR) is 127 cm³/mol. The van der Waals surface area contributed by atoms with Crippen molar-refractivity contribution >= 4 is 45.8 Å². The van der Waals surface area contributed by atoms with Gasteiger partial charge in [0.05, 0.1) is 16.0 Å². The van der Waals surface area contributed by atoms with Crippen LogP contribution in [0.1, 0.15) is 15.9 Å². The largest absolute Gasteiger partial charge is 0.454 e. The van der Waals surface area contributed by atoms with Gasteiger partial charge in [0, 0.05) is 31.6 Å². The van der Waals surface area contributed by atoms with Crippen LogP contribution in [0.4, 0.5) is 4.79 Å². The van der Waals surface area contributed by atoms with Crippen LogP contribution < -0.4 is 20.3 Å². The first-order chi connectivity index (χ1) is 16.4. The molecule has 34 heavy (non-hydrogen) atoms. The first kappa shape index (κ1) is 21.8. The summed E-state index contributed by atoms with van der Waals surface area (Å²) >= 11 is 0.840. The SMILES string of the molecule is Cn1c(=O)cc(C(=O)NCCN2C(=O)S/C(=C/c3ccc4c(c3)OCO4)C2=O)c2ccccc21. The number of hydrogen-bond donors (Lipinski definition) is 1. The Bertz CT molecular complexity index is 1440. The fourth-order valence-corrected chi connectivity index (χ4v) is 4.69. The highest BCUT2D eigenvalue weighted by molar-refractivity contribution is 8.18. The summed E-state index contributed by atoms with van der Waals surface area (Å²) in [5.74, 6) is 0.335. The van der Waals surface area contributed by atoms with Crippen molar-refractivity contribution in [3.8, 4) is 11.5 Å². The molecule has 2 aliphatic heterocycles. The standard InChI is InChI=1S/C24H19N3O6S/c1-26-17-5-3-2-4-15(17)16(12-21(26)28)22(29)25-8-9-27-23(30)20(34-24(27)31)11-14-6-7-18-19(10-14)33-13-32-18/h2-7,10-12H,8-9,13H2,1H3,(H,25,29)/b20-11+. The Balaban J connectivity index is 1.26. The van der Waals surface area contributed by atoms with Crippen molar-refractivity contribution in [3.63, 3.8) is 0 Å². The molecule has 172 valence electrons. The van der Waals surface area contributed by atoms with E-state index in [1.165, 1.54) is 10.6 Å². The third-order valence-corrected chi connectivity index (χ3v) is 6.49. The number of ether oxygens (including phenoxy) is 2. The Morgan fingerprint density at radius 1 is 1.09 bits per heavy atom. The Morgan fingerprint density at radius 2 is 1.88 bits per heavy atom. The first-order valence-corrected chi connectivity index (χ1v) is 11.3. The number of benzene rings is 2. The van der Waals surface area contributed by atoms with Gasteiger partial charge in [0.1, 0.15) is 0 Å². The number of thioether (sulfide) groups is 1. The van der Waals surface area contributed by atoms with Crippen molar-refractivity contribution < 1.29 is 23.9 Å². The molecule has 0 spiro atoms. The number of aryl methyl sites for hydroxylation is 1. The van der Waals surface area contributed by atoms with Crippen LogP contribution in [0.25, 0.3) is 17.0 Å². The highest BCUT2D eigenvalue weighted by Gasteiger charge is 2.34. The lowest BCUT2D eigenvalue weighted by molar-refractivity contribution is -0.122. The van der Waals surface area contributed by atoms with Gasteiger partial charge in [-0.2, -0.15) is 0 Å². The number of rotatable bonds is 5. The van der Waals surface area contributed by atoms with Crippen LogP contribution in [0.5, 0.6) is 11.5 Å². The molecule has 0 aliphatic carbocycles. The Kier molecular flexibility index (Phi) is 5.58. The molecule has 0 saturated carbocycles. The lowest BCUT2D eigenvalue weighted by Crippen LogP contribution is -2.37. The third-order valence-electron chi connectivity index (χ3n) is 5.59. The van der Waals surface area contributed by atoms with E-state index in [9.17, 15) is 19.2 Å². The van der Waals surface area contributed by atoms with Crippen LogP contribution in [0.2, 0.25) is 0 Å². The maximum Gasteiger partial charge on any atom is 0.293 e. The molecule has 0 atom stereocenters. The molecule has 2 aliphatic rings. The molecule has 5 rings (SSSR count). The summed E-state index contributed by atoms with van der Waals surface area (Å²) in [6, 6.07) is 13.7. The Labute approximate surface area is 197 Å². The predicted octanol–water partition coefficient (Wildman–Crippen LogP) is 2.73. The summed E-state index contributed by atoms with van der Waals surface area (Å²) in [7, 11) is 1.64. The quantitative estimate of drug-likeness (QED) is 0.563. The maximum absolute atomic E-state index is 12.8. The van der Waals surface area contributed by atoms with Gasteiger partial charge in [0.25, 0.3) is 22.6 Å². The molecule has 1 fully saturated rings. The van der Waals surface area contributed by atoms with Gasteiger partial charge in [-0.05, 0) is 41.6 Å². The lowest BCUT2D eigenvalue weighted by atomic mass is 10.1. The molecule has 1 aromatic heterocycles. The average Bonchev–Trinajstić information content (AvgIpc) is 3.40. The Hall–Kier alpha value is -4.05. The number of imide groups is 1. The molecule has 2 aromatic carbocycles. The monoisotopic (exact) mass is 477 g/mol. The molecule has 1 N–H and O–H groups in total. The molecule has 1 saturated heterocycles. The number of amides is 3. The number of para-hydroxylation sites is 1. The van der Waals surface area contributed by atoms with Gasteiger partial charge in [-0.1, -0.05) is 24.3 Å². The van der Waals surface area contributed by atoms with Crippen LogP contribution in [0, 0.1) is 0 Å². The first-order valence-electron chi connectivity index (χ1n) is 10.4. The number of carbonyl (C=O) groups excluding carboxylic acids is 3. The van der Waals surface area contributed by atoms with Gasteiger partial charge in [0.15, 0.2) is 11.5 Å². The summed E-state index contributed by atoms with van der Waals surface area (Å²) in [4.78, 5) is 51.5. The van der Waals surface area contributed by atoms with Crippen molar-refractivity contribution in [1.82, 2.24) is 14.8 Å². The summed E-state index contributed by atoms with van der Waals surface area (Å²) in [6.45, 7) is 0.212. The normalized spacial score (nSPS) is 16.0. The number of nitrogens with one attached hydrogen (secondary N) is 1. The van der Waals surface area contributed by atoms with Crippen molar-refractivity contribution in [2.24, 2.45) is 7.05 Å². The van der Waals surface area contributed by atoms with Crippen LogP contribution in [0.15, 0.2) is 58.2 Å². The molecule has 3 amide bonds. The van der Waals surface area contributed by atoms with E-state index in [1.54, 1.807) is 55.6 Å². The number of carbonyl (C=O) groups is 3. The van der Waals surface area contributed by atoms with E-state index in [2.05, 4.69) is 5.32 Å². The van der Waals surface area contributed by atoms with Gasteiger partial charge >= 0.3 is 0 Å². The zero-order valence-electron chi connectivity index (χ0n) is 18.1. The zero-order chi connectivity index (χ0) is 23.8. The number of pyridine rings is 1. The summed E-state index contributed by atoms with van der Waals surface area (Å²) in [5, 5.41) is 2.93. The fraction of sp³-hybridized carbons (Fsp3) is 0.167. The van der Waals surface area contributed by atoms with E-state index in [1.807, 2.05) is 0 Å². The van der Waals surface area contributed by atoms with Crippen molar-refractivity contribution in [3.05, 3.63) is 74.9 Å². The molecule has 0 bridgehead atoms. The second-order valence-corrected chi connectivity index (χ2v) is 8.67. The molecule has 3 heterocycles. The average molecular weight is 477 g/mol. The molecule has 10 heteroatoms. The van der Waals surface area contributed by atoms with Gasteiger partial charge in [-0.3, -0.25) is 24.1 Å². The van der Waals surface area contributed by atoms with Gasteiger partial charge in [-0.25, -0.2) is 0 Å². The third kappa shape index (κ3) is 3.92. The van der Waals surface area contributed by atoms with E-state index in [-0.39, 0.29) is 35.9 Å². The second kappa shape index (κ2) is 8.71. The van der Waals surface area contributed by atoms with Gasteiger partial charge < -0.3 is 19.4 Å². The van der Waals surface area contributed by atoms with Crippen LogP contribution >= 0.6 is 11.8 Å². The maximum atomic E-state index is 12.8. The zero-order valence-corrected chi connectivity index (χ0v) is 18.9. The summed E-state index contributed by atoms with van der Waals surface area (Å²) in [6.07, 6.45) is 1.62. The minimum atomic E-state index is -0.447. The fourth-order valence-electron chi connectivity index (χ4n) is 3.82. The highest BCUT2D eigenvalue weighted by atomic mass is 32.2. The topological polar surface area (TPSA) is 107 Å². The lowest BCUT2D eigenvalue weighted by Gasteiger charge is -2.14. The Morgan fingerprint density at radius 3 is 2.74 bits per heavy atom. The van der Waals surface area contributed by atoms with Gasteiger partial charge in [-0.15, -0.1) is 0 Å². The second-order valence-electron chi connectivity index (χ2n) is 7.67. The minimum absolute atomic E-state index is 0.0116. The summed E-state index contributed by atoms with van der Waals surface area (Å²) in [5.41, 5.74) is 1.29. The number of hydrogen-bond acceptors (Lipinski definition) is 7. The van der Waals surface area contributed by atoms with Crippen molar-refractivity contribution in [2.75, 3.05) is 19.9 Å². The van der Waals surface area contributed by atoms with E-state index in [0.717, 1.165) is 16.7 Å². The van der Waals surface area contributed by atoms with Crippen molar-refractivity contribution in [1.29, 1.82) is 0 Å². The van der Waals surface area contributed by atoms with Crippen LogP contribution in [0.3, 0.4) is 0 Å². The molecular formula is C24H19N3O6S. The van der Waals surface area contributed by atoms with Gasteiger partial charge in [0.2, 0.25) is 6.79 Å². The van der Waals surface area contributed by atoms with E-state index < -0.39 is 17.1 Å². The van der Waals surface area contributed by atoms with E-state index >= 15 is 0 Å². The summed E-state index contributed by atoms with van der Waals surface area (Å²) < 4.78 is 12.1.